The minimum atomic E-state index is -4.26. The van der Waals surface area contributed by atoms with Gasteiger partial charge in [-0.05, 0) is 22.4 Å². The number of halogens is 4. The van der Waals surface area contributed by atoms with Gasteiger partial charge in [0.15, 0.2) is 0 Å². The molecule has 1 heterocycles. The molecule has 1 aromatic heterocycles. The molecular weight excluding hydrogens is 321 g/mol. The monoisotopic (exact) mass is 328 g/mol. The topological polar surface area (TPSA) is 65.3 Å². The Morgan fingerprint density at radius 1 is 1.50 bits per heavy atom. The SMILES string of the molecule is O=[N+]([O-])c1cc(Br)cnc1OCCCC(F)(F)F. The summed E-state index contributed by atoms with van der Waals surface area (Å²) in [4.78, 5) is 13.6. The molecule has 0 unspecified atom stereocenters. The lowest BCUT2D eigenvalue weighted by atomic mass is 10.3. The van der Waals surface area contributed by atoms with Crippen LogP contribution in [0.2, 0.25) is 0 Å². The predicted octanol–water partition coefficient (Wildman–Crippen LogP) is 3.47. The van der Waals surface area contributed by atoms with Gasteiger partial charge >= 0.3 is 11.9 Å². The molecule has 0 aliphatic carbocycles. The van der Waals surface area contributed by atoms with Gasteiger partial charge in [0.05, 0.1) is 11.5 Å². The zero-order chi connectivity index (χ0) is 13.8. The highest BCUT2D eigenvalue weighted by Crippen LogP contribution is 2.28. The largest absolute Gasteiger partial charge is 0.473 e. The molecule has 0 N–H and O–H groups in total. The fourth-order valence-corrected chi connectivity index (χ4v) is 1.42. The van der Waals surface area contributed by atoms with Gasteiger partial charge in [0.1, 0.15) is 0 Å². The van der Waals surface area contributed by atoms with E-state index in [1.165, 1.54) is 12.3 Å². The second-order valence-corrected chi connectivity index (χ2v) is 4.22. The molecule has 0 aromatic carbocycles. The Morgan fingerprint density at radius 2 is 2.17 bits per heavy atom. The lowest BCUT2D eigenvalue weighted by molar-refractivity contribution is -0.386. The smallest absolute Gasteiger partial charge is 0.389 e. The Balaban J connectivity index is 2.59. The molecule has 1 rings (SSSR count). The lowest BCUT2D eigenvalue weighted by Gasteiger charge is -2.07. The molecule has 0 fully saturated rings. The molecule has 0 bridgehead atoms. The summed E-state index contributed by atoms with van der Waals surface area (Å²) in [7, 11) is 0. The number of rotatable bonds is 5. The van der Waals surface area contributed by atoms with Crippen molar-refractivity contribution < 1.29 is 22.8 Å². The Morgan fingerprint density at radius 3 is 2.72 bits per heavy atom. The van der Waals surface area contributed by atoms with Crippen molar-refractivity contribution in [2.24, 2.45) is 0 Å². The molecule has 100 valence electrons. The van der Waals surface area contributed by atoms with Crippen LogP contribution in [-0.2, 0) is 0 Å². The second kappa shape index (κ2) is 5.98. The number of nitro groups is 1. The van der Waals surface area contributed by atoms with E-state index >= 15 is 0 Å². The molecular formula is C9H8BrF3N2O3. The summed E-state index contributed by atoms with van der Waals surface area (Å²) in [6.07, 6.45) is -4.27. The molecule has 0 aliphatic rings. The zero-order valence-corrected chi connectivity index (χ0v) is 10.5. The first-order valence-corrected chi connectivity index (χ1v) is 5.58. The molecule has 18 heavy (non-hydrogen) atoms. The number of hydrogen-bond acceptors (Lipinski definition) is 4. The van der Waals surface area contributed by atoms with Crippen molar-refractivity contribution in [1.82, 2.24) is 4.98 Å². The Kier molecular flexibility index (Phi) is 4.88. The molecule has 0 spiro atoms. The summed E-state index contributed by atoms with van der Waals surface area (Å²) in [6, 6.07) is 1.17. The van der Waals surface area contributed by atoms with E-state index < -0.39 is 23.2 Å². The Labute approximate surface area is 108 Å². The van der Waals surface area contributed by atoms with Gasteiger partial charge in [0.2, 0.25) is 0 Å². The van der Waals surface area contributed by atoms with Crippen LogP contribution < -0.4 is 4.74 Å². The summed E-state index contributed by atoms with van der Waals surface area (Å²) in [5.74, 6) is -0.287. The minimum absolute atomic E-state index is 0.279. The average Bonchev–Trinajstić information content (AvgIpc) is 2.24. The lowest BCUT2D eigenvalue weighted by Crippen LogP contribution is -2.10. The first-order chi connectivity index (χ1) is 8.29. The molecule has 5 nitrogen and oxygen atoms in total. The van der Waals surface area contributed by atoms with Gasteiger partial charge in [-0.15, -0.1) is 0 Å². The first-order valence-electron chi connectivity index (χ1n) is 4.79. The second-order valence-electron chi connectivity index (χ2n) is 3.30. The summed E-state index contributed by atoms with van der Waals surface area (Å²) in [5.41, 5.74) is -0.392. The highest BCUT2D eigenvalue weighted by molar-refractivity contribution is 9.10. The van der Waals surface area contributed by atoms with Crippen LogP contribution in [0, 0.1) is 10.1 Å². The Bertz CT molecular complexity index is 440. The van der Waals surface area contributed by atoms with E-state index in [4.69, 9.17) is 4.74 Å². The minimum Gasteiger partial charge on any atom is -0.473 e. The number of ether oxygens (including phenoxy) is 1. The molecule has 0 saturated heterocycles. The van der Waals surface area contributed by atoms with E-state index in [2.05, 4.69) is 20.9 Å². The van der Waals surface area contributed by atoms with Crippen LogP contribution in [0.25, 0.3) is 0 Å². The fraction of sp³-hybridized carbons (Fsp3) is 0.444. The highest BCUT2D eigenvalue weighted by Gasteiger charge is 2.26. The molecule has 0 radical (unpaired) electrons. The van der Waals surface area contributed by atoms with Crippen LogP contribution >= 0.6 is 15.9 Å². The summed E-state index contributed by atoms with van der Waals surface area (Å²) < 4.78 is 40.8. The zero-order valence-electron chi connectivity index (χ0n) is 8.91. The van der Waals surface area contributed by atoms with E-state index in [1.54, 1.807) is 0 Å². The Hall–Kier alpha value is -1.38. The van der Waals surface area contributed by atoms with Gasteiger partial charge in [0.25, 0.3) is 5.88 Å². The van der Waals surface area contributed by atoms with Crippen molar-refractivity contribution in [2.75, 3.05) is 6.61 Å². The van der Waals surface area contributed by atoms with Crippen molar-refractivity contribution in [2.45, 2.75) is 19.0 Å². The van der Waals surface area contributed by atoms with E-state index in [0.29, 0.717) is 4.47 Å². The summed E-state index contributed by atoms with van der Waals surface area (Å²) >= 11 is 3.00. The van der Waals surface area contributed by atoms with Crippen LogP contribution in [0.1, 0.15) is 12.8 Å². The van der Waals surface area contributed by atoms with E-state index in [0.717, 1.165) is 0 Å². The van der Waals surface area contributed by atoms with Gasteiger partial charge in [0, 0.05) is 23.2 Å². The number of alkyl halides is 3. The maximum atomic E-state index is 11.9. The number of nitrogens with zero attached hydrogens (tertiary/aromatic N) is 2. The van der Waals surface area contributed by atoms with E-state index in [9.17, 15) is 23.3 Å². The van der Waals surface area contributed by atoms with Gasteiger partial charge in [-0.2, -0.15) is 13.2 Å². The fourth-order valence-electron chi connectivity index (χ4n) is 1.10. The van der Waals surface area contributed by atoms with E-state index in [-0.39, 0.29) is 18.9 Å². The summed E-state index contributed by atoms with van der Waals surface area (Å²) in [6.45, 7) is -0.283. The maximum absolute atomic E-state index is 11.9. The predicted molar refractivity (Wildman–Crippen MR) is 59.4 cm³/mol. The molecule has 0 amide bonds. The van der Waals surface area contributed by atoms with Gasteiger partial charge in [-0.1, -0.05) is 0 Å². The van der Waals surface area contributed by atoms with Crippen LogP contribution in [0.15, 0.2) is 16.7 Å². The summed E-state index contributed by atoms with van der Waals surface area (Å²) in [5, 5.41) is 10.7. The molecule has 0 atom stereocenters. The van der Waals surface area contributed by atoms with Crippen LogP contribution in [0.3, 0.4) is 0 Å². The third kappa shape index (κ3) is 4.86. The highest BCUT2D eigenvalue weighted by atomic mass is 79.9. The van der Waals surface area contributed by atoms with Crippen molar-refractivity contribution in [1.29, 1.82) is 0 Å². The van der Waals surface area contributed by atoms with Gasteiger partial charge in [-0.3, -0.25) is 10.1 Å². The van der Waals surface area contributed by atoms with Gasteiger partial charge in [-0.25, -0.2) is 4.98 Å². The van der Waals surface area contributed by atoms with E-state index in [1.807, 2.05) is 0 Å². The van der Waals surface area contributed by atoms with Crippen molar-refractivity contribution >= 4 is 21.6 Å². The standard InChI is InChI=1S/C9H8BrF3N2O3/c10-6-4-7(15(16)17)8(14-5-6)18-3-1-2-9(11,12)13/h4-5H,1-3H2. The third-order valence-electron chi connectivity index (χ3n) is 1.84. The number of hydrogen-bond donors (Lipinski definition) is 0. The third-order valence-corrected chi connectivity index (χ3v) is 2.27. The quantitative estimate of drug-likeness (QED) is 0.471. The number of aromatic nitrogens is 1. The molecule has 9 heteroatoms. The molecule has 0 aliphatic heterocycles. The average molecular weight is 329 g/mol. The van der Waals surface area contributed by atoms with Crippen molar-refractivity contribution in [3.63, 3.8) is 0 Å². The molecule has 1 aromatic rings. The van der Waals surface area contributed by atoms with Crippen LogP contribution in [0.4, 0.5) is 18.9 Å². The van der Waals surface area contributed by atoms with Crippen LogP contribution in [-0.4, -0.2) is 22.7 Å². The molecule has 0 saturated carbocycles. The maximum Gasteiger partial charge on any atom is 0.389 e. The normalized spacial score (nSPS) is 11.3. The van der Waals surface area contributed by atoms with Crippen molar-refractivity contribution in [3.8, 4) is 5.88 Å². The first kappa shape index (κ1) is 14.7. The van der Waals surface area contributed by atoms with Crippen molar-refractivity contribution in [3.05, 3.63) is 26.9 Å². The number of pyridine rings is 1. The van der Waals surface area contributed by atoms with Gasteiger partial charge < -0.3 is 4.74 Å². The van der Waals surface area contributed by atoms with Crippen LogP contribution in [0.5, 0.6) is 5.88 Å².